The van der Waals surface area contributed by atoms with Gasteiger partial charge in [-0.15, -0.1) is 0 Å². The van der Waals surface area contributed by atoms with Crippen molar-refractivity contribution >= 4 is 35.2 Å². The van der Waals surface area contributed by atoms with Gasteiger partial charge in [-0.3, -0.25) is 4.79 Å². The molecule has 1 N–H and O–H groups in total. The van der Waals surface area contributed by atoms with Gasteiger partial charge in [0, 0.05) is 6.54 Å². The topological polar surface area (TPSA) is 52.9 Å². The Morgan fingerprint density at radius 2 is 1.87 bits per heavy atom. The lowest BCUT2D eigenvalue weighted by atomic mass is 10.1. The minimum atomic E-state index is -0.431. The summed E-state index contributed by atoms with van der Waals surface area (Å²) in [5.74, 6) is -0.431. The van der Waals surface area contributed by atoms with Gasteiger partial charge in [-0.25, -0.2) is 0 Å². The lowest BCUT2D eigenvalue weighted by molar-refractivity contribution is -0.117. The molecule has 0 aliphatic heterocycles. The zero-order valence-corrected chi connectivity index (χ0v) is 13.9. The van der Waals surface area contributed by atoms with E-state index >= 15 is 0 Å². The standard InChI is InChI=1S/C18H14Cl2N2O/c1-12-2-4-13(5-3-12)8-15(10-21)18(23)22-11-14-6-7-16(19)17(20)9-14/h2-9H,11H2,1H3,(H,22,23)/b15-8+. The van der Waals surface area contributed by atoms with E-state index in [0.29, 0.717) is 10.0 Å². The van der Waals surface area contributed by atoms with Gasteiger partial charge in [0.2, 0.25) is 0 Å². The first kappa shape index (κ1) is 17.1. The van der Waals surface area contributed by atoms with Crippen molar-refractivity contribution in [2.75, 3.05) is 0 Å². The van der Waals surface area contributed by atoms with Gasteiger partial charge >= 0.3 is 0 Å². The highest BCUT2D eigenvalue weighted by molar-refractivity contribution is 6.42. The SMILES string of the molecule is Cc1ccc(/C=C(\C#N)C(=O)NCc2ccc(Cl)c(Cl)c2)cc1. The van der Waals surface area contributed by atoms with Crippen LogP contribution in [0.4, 0.5) is 0 Å². The summed E-state index contributed by atoms with van der Waals surface area (Å²) >= 11 is 11.8. The fourth-order valence-electron chi connectivity index (χ4n) is 1.91. The quantitative estimate of drug-likeness (QED) is 0.654. The van der Waals surface area contributed by atoms with Crippen LogP contribution in [-0.4, -0.2) is 5.91 Å². The van der Waals surface area contributed by atoms with Gasteiger partial charge in [0.25, 0.3) is 5.91 Å². The largest absolute Gasteiger partial charge is 0.347 e. The van der Waals surface area contributed by atoms with Crippen LogP contribution in [0.2, 0.25) is 10.0 Å². The van der Waals surface area contributed by atoms with Gasteiger partial charge in [-0.2, -0.15) is 5.26 Å². The maximum atomic E-state index is 12.1. The third-order valence-corrected chi connectivity index (χ3v) is 3.93. The van der Waals surface area contributed by atoms with Crippen LogP contribution in [0.25, 0.3) is 6.08 Å². The molecule has 0 aromatic heterocycles. The number of benzene rings is 2. The van der Waals surface area contributed by atoms with Crippen LogP contribution in [0, 0.1) is 18.3 Å². The first-order valence-electron chi connectivity index (χ1n) is 6.90. The van der Waals surface area contributed by atoms with Crippen LogP contribution in [0.3, 0.4) is 0 Å². The molecule has 0 heterocycles. The molecule has 5 heteroatoms. The summed E-state index contributed by atoms with van der Waals surface area (Å²) in [6, 6.07) is 14.6. The number of hydrogen-bond donors (Lipinski definition) is 1. The van der Waals surface area contributed by atoms with Gasteiger partial charge in [0.05, 0.1) is 10.0 Å². The molecular weight excluding hydrogens is 331 g/mol. The molecule has 23 heavy (non-hydrogen) atoms. The van der Waals surface area contributed by atoms with E-state index in [-0.39, 0.29) is 12.1 Å². The van der Waals surface area contributed by atoms with Gasteiger partial charge in [0.1, 0.15) is 11.6 Å². The summed E-state index contributed by atoms with van der Waals surface area (Å²) in [5, 5.41) is 12.8. The van der Waals surface area contributed by atoms with Crippen molar-refractivity contribution in [2.45, 2.75) is 13.5 Å². The van der Waals surface area contributed by atoms with Gasteiger partial charge in [-0.1, -0.05) is 59.1 Å². The number of halogens is 2. The third-order valence-electron chi connectivity index (χ3n) is 3.19. The molecule has 2 aromatic carbocycles. The second kappa shape index (κ2) is 7.82. The van der Waals surface area contributed by atoms with Gasteiger partial charge in [0.15, 0.2) is 0 Å². The third kappa shape index (κ3) is 4.85. The molecule has 3 nitrogen and oxygen atoms in total. The molecular formula is C18H14Cl2N2O. The molecule has 0 aliphatic rings. The van der Waals surface area contributed by atoms with E-state index in [9.17, 15) is 10.1 Å². The monoisotopic (exact) mass is 344 g/mol. The molecule has 0 saturated heterocycles. The van der Waals surface area contributed by atoms with Crippen LogP contribution in [0.1, 0.15) is 16.7 Å². The minimum absolute atomic E-state index is 0.0499. The van der Waals surface area contributed by atoms with E-state index in [1.54, 1.807) is 24.3 Å². The second-order valence-electron chi connectivity index (χ2n) is 5.01. The van der Waals surface area contributed by atoms with E-state index in [4.69, 9.17) is 23.2 Å². The predicted molar refractivity (Wildman–Crippen MR) is 93.1 cm³/mol. The Morgan fingerprint density at radius 1 is 1.17 bits per heavy atom. The Bertz CT molecular complexity index is 790. The van der Waals surface area contributed by atoms with E-state index in [2.05, 4.69) is 5.32 Å². The Morgan fingerprint density at radius 3 is 2.48 bits per heavy atom. The number of amides is 1. The molecule has 0 bridgehead atoms. The normalized spacial score (nSPS) is 11.0. The van der Waals surface area contributed by atoms with Crippen LogP contribution in [0.5, 0.6) is 0 Å². The predicted octanol–water partition coefficient (Wildman–Crippen LogP) is 4.53. The minimum Gasteiger partial charge on any atom is -0.347 e. The number of carbonyl (C=O) groups is 1. The summed E-state index contributed by atoms with van der Waals surface area (Å²) in [6.45, 7) is 2.24. The average Bonchev–Trinajstić information content (AvgIpc) is 2.55. The molecule has 2 aromatic rings. The number of rotatable bonds is 4. The lowest BCUT2D eigenvalue weighted by Gasteiger charge is -2.06. The number of nitriles is 1. The number of nitrogens with zero attached hydrogens (tertiary/aromatic N) is 1. The second-order valence-corrected chi connectivity index (χ2v) is 5.83. The molecule has 0 radical (unpaired) electrons. The van der Waals surface area contributed by atoms with Crippen molar-refractivity contribution < 1.29 is 4.79 Å². The van der Waals surface area contributed by atoms with Crippen molar-refractivity contribution in [3.05, 3.63) is 74.8 Å². The Kier molecular flexibility index (Phi) is 5.81. The fraction of sp³-hybridized carbons (Fsp3) is 0.111. The van der Waals surface area contributed by atoms with Crippen LogP contribution >= 0.6 is 23.2 Å². The highest BCUT2D eigenvalue weighted by atomic mass is 35.5. The van der Waals surface area contributed by atoms with Crippen molar-refractivity contribution in [1.29, 1.82) is 5.26 Å². The zero-order chi connectivity index (χ0) is 16.8. The van der Waals surface area contributed by atoms with Gasteiger partial charge in [-0.05, 0) is 36.3 Å². The van der Waals surface area contributed by atoms with Crippen LogP contribution in [0.15, 0.2) is 48.0 Å². The van der Waals surface area contributed by atoms with Crippen LogP contribution in [-0.2, 0) is 11.3 Å². The number of carbonyl (C=O) groups excluding carboxylic acids is 1. The molecule has 1 amide bonds. The van der Waals surface area contributed by atoms with Crippen molar-refractivity contribution in [2.24, 2.45) is 0 Å². The summed E-state index contributed by atoms with van der Waals surface area (Å²) in [6.07, 6.45) is 1.56. The Hall–Kier alpha value is -2.28. The molecule has 2 rings (SSSR count). The zero-order valence-electron chi connectivity index (χ0n) is 12.4. The average molecular weight is 345 g/mol. The first-order valence-corrected chi connectivity index (χ1v) is 7.66. The summed E-state index contributed by atoms with van der Waals surface area (Å²) < 4.78 is 0. The molecule has 0 fully saturated rings. The molecule has 0 atom stereocenters. The molecule has 0 spiro atoms. The first-order chi connectivity index (χ1) is 11.0. The molecule has 0 aliphatic carbocycles. The van der Waals surface area contributed by atoms with E-state index in [1.807, 2.05) is 37.3 Å². The summed E-state index contributed by atoms with van der Waals surface area (Å²) in [5.41, 5.74) is 2.77. The maximum Gasteiger partial charge on any atom is 0.262 e. The van der Waals surface area contributed by atoms with E-state index in [1.165, 1.54) is 0 Å². The summed E-state index contributed by atoms with van der Waals surface area (Å²) in [4.78, 5) is 12.1. The van der Waals surface area contributed by atoms with E-state index in [0.717, 1.165) is 16.7 Å². The Balaban J connectivity index is 2.07. The molecule has 0 saturated carbocycles. The maximum absolute atomic E-state index is 12.1. The number of aryl methyl sites for hydroxylation is 1. The number of hydrogen-bond acceptors (Lipinski definition) is 2. The highest BCUT2D eigenvalue weighted by Crippen LogP contribution is 2.22. The fourth-order valence-corrected chi connectivity index (χ4v) is 2.23. The summed E-state index contributed by atoms with van der Waals surface area (Å²) in [7, 11) is 0. The van der Waals surface area contributed by atoms with Crippen LogP contribution < -0.4 is 5.32 Å². The number of nitrogens with one attached hydrogen (secondary N) is 1. The molecule has 0 unspecified atom stereocenters. The van der Waals surface area contributed by atoms with Gasteiger partial charge < -0.3 is 5.32 Å². The highest BCUT2D eigenvalue weighted by Gasteiger charge is 2.09. The van der Waals surface area contributed by atoms with E-state index < -0.39 is 5.91 Å². The lowest BCUT2D eigenvalue weighted by Crippen LogP contribution is -2.23. The molecule has 116 valence electrons. The van der Waals surface area contributed by atoms with Crippen molar-refractivity contribution in [1.82, 2.24) is 5.32 Å². The smallest absolute Gasteiger partial charge is 0.262 e. The van der Waals surface area contributed by atoms with Crippen molar-refractivity contribution in [3.8, 4) is 6.07 Å². The Labute approximate surface area is 145 Å². The van der Waals surface area contributed by atoms with Crippen molar-refractivity contribution in [3.63, 3.8) is 0 Å².